The van der Waals surface area contributed by atoms with Crippen LogP contribution in [0.25, 0.3) is 21.7 Å². The zero-order valence-corrected chi connectivity index (χ0v) is 13.4. The Balaban J connectivity index is 1.34. The Labute approximate surface area is 140 Å². The number of furan rings is 1. The lowest BCUT2D eigenvalue weighted by atomic mass is 10.2. The first-order valence-corrected chi connectivity index (χ1v) is 8.41. The Bertz CT molecular complexity index is 949. The van der Waals surface area contributed by atoms with Crippen molar-refractivity contribution in [2.24, 2.45) is 0 Å². The van der Waals surface area contributed by atoms with Crippen LogP contribution in [0, 0.1) is 0 Å². The Morgan fingerprint density at radius 2 is 1.50 bits per heavy atom. The summed E-state index contributed by atoms with van der Waals surface area (Å²) in [5.74, 6) is 0. The summed E-state index contributed by atoms with van der Waals surface area (Å²) in [7, 11) is 0. The molecule has 24 heavy (non-hydrogen) atoms. The molecule has 1 saturated heterocycles. The Morgan fingerprint density at radius 3 is 2.25 bits per heavy atom. The molecule has 0 radical (unpaired) electrons. The third-order valence-corrected chi connectivity index (χ3v) is 4.92. The lowest BCUT2D eigenvalue weighted by Crippen LogP contribution is -2.50. The number of benzene rings is 2. The number of piperazine rings is 1. The van der Waals surface area contributed by atoms with Gasteiger partial charge in [0.1, 0.15) is 5.58 Å². The molecule has 0 N–H and O–H groups in total. The van der Waals surface area contributed by atoms with Crippen molar-refractivity contribution in [1.29, 1.82) is 0 Å². The van der Waals surface area contributed by atoms with Crippen molar-refractivity contribution in [3.8, 4) is 0 Å². The standard InChI is InChI=1S/C20H19N3O/c1-2-4-18-15-23(14-17(18)3-1)22-10-8-21(9-11-22)19-5-6-20-16(13-19)7-12-24-20/h1-7,12-15H,8-11H2. The third kappa shape index (κ3) is 2.22. The molecule has 4 aromatic rings. The Morgan fingerprint density at radius 1 is 0.750 bits per heavy atom. The Kier molecular flexibility index (Phi) is 3.01. The summed E-state index contributed by atoms with van der Waals surface area (Å²) in [4.78, 5) is 2.45. The first kappa shape index (κ1) is 13.5. The molecule has 0 bridgehead atoms. The monoisotopic (exact) mass is 317 g/mol. The third-order valence-electron chi connectivity index (χ3n) is 4.92. The number of fused-ring (bicyclic) bond motifs is 2. The van der Waals surface area contributed by atoms with Crippen LogP contribution in [0.1, 0.15) is 0 Å². The van der Waals surface area contributed by atoms with Gasteiger partial charge in [-0.25, -0.2) is 0 Å². The first-order chi connectivity index (χ1) is 11.9. The average Bonchev–Trinajstić information content (AvgIpc) is 3.27. The summed E-state index contributed by atoms with van der Waals surface area (Å²) in [6.45, 7) is 4.09. The first-order valence-electron chi connectivity index (χ1n) is 8.41. The van der Waals surface area contributed by atoms with Crippen LogP contribution >= 0.6 is 0 Å². The van der Waals surface area contributed by atoms with E-state index in [0.717, 1.165) is 31.8 Å². The molecule has 1 aliphatic rings. The van der Waals surface area contributed by atoms with Gasteiger partial charge in [0.15, 0.2) is 0 Å². The van der Waals surface area contributed by atoms with Gasteiger partial charge < -0.3 is 14.3 Å². The van der Waals surface area contributed by atoms with Crippen LogP contribution in [0.15, 0.2) is 71.6 Å². The Hall–Kier alpha value is -2.88. The predicted molar refractivity (Wildman–Crippen MR) is 98.3 cm³/mol. The van der Waals surface area contributed by atoms with Gasteiger partial charge in [-0.1, -0.05) is 24.3 Å². The van der Waals surface area contributed by atoms with Gasteiger partial charge in [0.25, 0.3) is 0 Å². The summed E-state index contributed by atoms with van der Waals surface area (Å²) in [6.07, 6.45) is 6.20. The highest BCUT2D eigenvalue weighted by Crippen LogP contribution is 2.24. The van der Waals surface area contributed by atoms with Crippen molar-refractivity contribution in [2.45, 2.75) is 0 Å². The van der Waals surface area contributed by atoms with Crippen LogP contribution in [0.4, 0.5) is 5.69 Å². The van der Waals surface area contributed by atoms with Gasteiger partial charge in [0, 0.05) is 47.3 Å². The van der Waals surface area contributed by atoms with E-state index in [2.05, 4.69) is 69.4 Å². The van der Waals surface area contributed by atoms with Gasteiger partial charge in [-0.2, -0.15) is 0 Å². The lowest BCUT2D eigenvalue weighted by molar-refractivity contribution is 0.531. The quantitative estimate of drug-likeness (QED) is 0.561. The summed E-state index contributed by atoms with van der Waals surface area (Å²) in [5, 5.41) is 6.18. The number of anilines is 1. The van der Waals surface area contributed by atoms with E-state index in [4.69, 9.17) is 4.42 Å². The summed E-state index contributed by atoms with van der Waals surface area (Å²) in [6, 6.07) is 17.0. The maximum absolute atomic E-state index is 5.43. The zero-order valence-electron chi connectivity index (χ0n) is 13.4. The predicted octanol–water partition coefficient (Wildman–Crippen LogP) is 3.85. The van der Waals surface area contributed by atoms with Crippen molar-refractivity contribution in [3.05, 3.63) is 67.2 Å². The number of aromatic nitrogens is 1. The van der Waals surface area contributed by atoms with Gasteiger partial charge in [-0.3, -0.25) is 4.68 Å². The minimum absolute atomic E-state index is 0.955. The normalized spacial score (nSPS) is 15.5. The van der Waals surface area contributed by atoms with E-state index >= 15 is 0 Å². The molecule has 4 heteroatoms. The topological polar surface area (TPSA) is 24.6 Å². The van der Waals surface area contributed by atoms with E-state index in [-0.39, 0.29) is 0 Å². The van der Waals surface area contributed by atoms with Crippen molar-refractivity contribution in [3.63, 3.8) is 0 Å². The molecule has 2 aromatic carbocycles. The van der Waals surface area contributed by atoms with Crippen LogP contribution in [-0.2, 0) is 0 Å². The second-order valence-corrected chi connectivity index (χ2v) is 6.35. The van der Waals surface area contributed by atoms with E-state index < -0.39 is 0 Å². The highest BCUT2D eigenvalue weighted by Gasteiger charge is 2.18. The molecule has 0 aliphatic carbocycles. The van der Waals surface area contributed by atoms with Crippen LogP contribution in [-0.4, -0.2) is 30.9 Å². The molecule has 1 aliphatic heterocycles. The minimum Gasteiger partial charge on any atom is -0.464 e. The van der Waals surface area contributed by atoms with Crippen LogP contribution < -0.4 is 9.91 Å². The molecule has 0 amide bonds. The fraction of sp³-hybridized carbons (Fsp3) is 0.200. The number of nitrogens with zero attached hydrogens (tertiary/aromatic N) is 3. The number of rotatable bonds is 2. The number of hydrogen-bond acceptors (Lipinski definition) is 3. The van der Waals surface area contributed by atoms with Gasteiger partial charge in [-0.05, 0) is 24.3 Å². The molecule has 120 valence electrons. The van der Waals surface area contributed by atoms with E-state index in [1.807, 2.05) is 6.07 Å². The van der Waals surface area contributed by atoms with Gasteiger partial charge in [0.05, 0.1) is 19.4 Å². The SMILES string of the molecule is c1ccc2cn(N3CCN(c4ccc5occc5c4)CC3)cc2c1. The summed E-state index contributed by atoms with van der Waals surface area (Å²) < 4.78 is 7.69. The van der Waals surface area contributed by atoms with E-state index in [9.17, 15) is 0 Å². The molecule has 3 heterocycles. The maximum Gasteiger partial charge on any atom is 0.133 e. The second kappa shape index (κ2) is 5.34. The largest absolute Gasteiger partial charge is 0.464 e. The molecule has 1 fully saturated rings. The van der Waals surface area contributed by atoms with Crippen molar-refractivity contribution < 1.29 is 4.42 Å². The number of hydrogen-bond donors (Lipinski definition) is 0. The molecule has 0 saturated carbocycles. The lowest BCUT2D eigenvalue weighted by Gasteiger charge is -2.37. The van der Waals surface area contributed by atoms with Crippen molar-refractivity contribution in [1.82, 2.24) is 4.68 Å². The molecule has 0 atom stereocenters. The van der Waals surface area contributed by atoms with Crippen molar-refractivity contribution >= 4 is 27.4 Å². The molecule has 5 rings (SSSR count). The van der Waals surface area contributed by atoms with Crippen LogP contribution in [0.2, 0.25) is 0 Å². The highest BCUT2D eigenvalue weighted by molar-refractivity contribution is 5.82. The van der Waals surface area contributed by atoms with E-state index in [1.54, 1.807) is 6.26 Å². The fourth-order valence-electron chi connectivity index (χ4n) is 3.57. The van der Waals surface area contributed by atoms with Crippen LogP contribution in [0.3, 0.4) is 0 Å². The molecule has 4 nitrogen and oxygen atoms in total. The highest BCUT2D eigenvalue weighted by atomic mass is 16.3. The van der Waals surface area contributed by atoms with Gasteiger partial charge in [0.2, 0.25) is 0 Å². The van der Waals surface area contributed by atoms with Crippen LogP contribution in [0.5, 0.6) is 0 Å². The molecule has 2 aromatic heterocycles. The van der Waals surface area contributed by atoms with Crippen molar-refractivity contribution in [2.75, 3.05) is 36.1 Å². The zero-order chi connectivity index (χ0) is 15.9. The fourth-order valence-corrected chi connectivity index (χ4v) is 3.57. The minimum atomic E-state index is 0.955. The smallest absolute Gasteiger partial charge is 0.133 e. The summed E-state index contributed by atoms with van der Waals surface area (Å²) in [5.41, 5.74) is 2.23. The molecular formula is C20H19N3O. The molecule has 0 spiro atoms. The molecule has 0 unspecified atom stereocenters. The van der Waals surface area contributed by atoms with Gasteiger partial charge >= 0.3 is 0 Å². The molecular weight excluding hydrogens is 298 g/mol. The van der Waals surface area contributed by atoms with Gasteiger partial charge in [-0.15, -0.1) is 0 Å². The second-order valence-electron chi connectivity index (χ2n) is 6.35. The maximum atomic E-state index is 5.43. The summed E-state index contributed by atoms with van der Waals surface area (Å²) >= 11 is 0. The van der Waals surface area contributed by atoms with E-state index in [0.29, 0.717) is 0 Å². The van der Waals surface area contributed by atoms with E-state index in [1.165, 1.54) is 21.8 Å². The average molecular weight is 317 g/mol.